The third-order valence-corrected chi connectivity index (χ3v) is 5.06. The normalized spacial score (nSPS) is 17.6. The predicted molar refractivity (Wildman–Crippen MR) is 129 cm³/mol. The van der Waals surface area contributed by atoms with Gasteiger partial charge >= 0.3 is 0 Å². The van der Waals surface area contributed by atoms with Crippen molar-refractivity contribution in [2.24, 2.45) is 4.99 Å². The van der Waals surface area contributed by atoms with E-state index in [2.05, 4.69) is 74.5 Å². The molecule has 3 rings (SSSR count). The predicted octanol–water partition coefficient (Wildman–Crippen LogP) is 2.68. The lowest BCUT2D eigenvalue weighted by molar-refractivity contribution is 0.192. The molecule has 0 spiro atoms. The Morgan fingerprint density at radius 1 is 1.24 bits per heavy atom. The molecule has 1 aromatic heterocycles. The molecule has 1 unspecified atom stereocenters. The first-order chi connectivity index (χ1) is 13.8. The van der Waals surface area contributed by atoms with Gasteiger partial charge in [0, 0.05) is 38.6 Å². The molecule has 0 bridgehead atoms. The Morgan fingerprint density at radius 3 is 2.83 bits per heavy atom. The summed E-state index contributed by atoms with van der Waals surface area (Å²) in [6, 6.07) is 11.1. The van der Waals surface area contributed by atoms with Crippen LogP contribution in [0.1, 0.15) is 38.1 Å². The number of piperidine rings is 1. The first-order valence-electron chi connectivity index (χ1n) is 10.5. The third-order valence-electron chi connectivity index (χ3n) is 5.06. The summed E-state index contributed by atoms with van der Waals surface area (Å²) in [5.41, 5.74) is 1.38. The van der Waals surface area contributed by atoms with Gasteiger partial charge in [0.1, 0.15) is 12.2 Å². The first kappa shape index (κ1) is 23.6. The lowest BCUT2D eigenvalue weighted by atomic mass is 10.0. The van der Waals surface area contributed by atoms with E-state index in [1.807, 2.05) is 0 Å². The third kappa shape index (κ3) is 7.58. The number of aliphatic imine (C=N–C) groups is 1. The fourth-order valence-electron chi connectivity index (χ4n) is 3.68. The minimum atomic E-state index is 0. The smallest absolute Gasteiger partial charge is 0.191 e. The number of hydrogen-bond donors (Lipinski definition) is 2. The Hall–Kier alpha value is -1.68. The monoisotopic (exact) mass is 511 g/mol. The second-order valence-corrected chi connectivity index (χ2v) is 7.26. The summed E-state index contributed by atoms with van der Waals surface area (Å²) in [4.78, 5) is 7.30. The molecular weight excluding hydrogens is 477 g/mol. The van der Waals surface area contributed by atoms with Crippen LogP contribution in [-0.4, -0.2) is 57.8 Å². The Kier molecular flexibility index (Phi) is 10.4. The minimum absolute atomic E-state index is 0. The number of benzene rings is 1. The van der Waals surface area contributed by atoms with Gasteiger partial charge in [-0.1, -0.05) is 37.3 Å². The number of aromatic nitrogens is 3. The number of nitrogens with one attached hydrogen (secondary N) is 2. The fourth-order valence-corrected chi connectivity index (χ4v) is 3.68. The summed E-state index contributed by atoms with van der Waals surface area (Å²) in [7, 11) is 0. The Labute approximate surface area is 191 Å². The van der Waals surface area contributed by atoms with Crippen LogP contribution in [0.3, 0.4) is 0 Å². The van der Waals surface area contributed by atoms with Crippen molar-refractivity contribution in [3.8, 4) is 0 Å². The van der Waals surface area contributed by atoms with E-state index in [9.17, 15) is 0 Å². The first-order valence-corrected chi connectivity index (χ1v) is 10.5. The highest BCUT2D eigenvalue weighted by atomic mass is 127. The van der Waals surface area contributed by atoms with Crippen LogP contribution in [-0.2, 0) is 19.5 Å². The van der Waals surface area contributed by atoms with E-state index in [1.165, 1.54) is 18.4 Å². The highest BCUT2D eigenvalue weighted by molar-refractivity contribution is 14.0. The van der Waals surface area contributed by atoms with Crippen LogP contribution in [0.15, 0.2) is 41.7 Å². The van der Waals surface area contributed by atoms with Crippen LogP contribution in [0, 0.1) is 0 Å². The van der Waals surface area contributed by atoms with Crippen molar-refractivity contribution in [3.05, 3.63) is 48.0 Å². The van der Waals surface area contributed by atoms with Gasteiger partial charge in [-0.25, -0.2) is 0 Å². The number of aryl methyl sites for hydroxylation is 1. The van der Waals surface area contributed by atoms with Crippen molar-refractivity contribution in [2.75, 3.05) is 26.2 Å². The van der Waals surface area contributed by atoms with Gasteiger partial charge in [-0.05, 0) is 31.9 Å². The van der Waals surface area contributed by atoms with E-state index in [0.717, 1.165) is 50.9 Å². The molecule has 1 aliphatic rings. The average Bonchev–Trinajstić information content (AvgIpc) is 3.17. The molecule has 1 saturated heterocycles. The Bertz CT molecular complexity index is 732. The maximum absolute atomic E-state index is 4.77. The molecule has 1 aliphatic heterocycles. The molecule has 160 valence electrons. The summed E-state index contributed by atoms with van der Waals surface area (Å²) in [6.07, 6.45) is 5.07. The summed E-state index contributed by atoms with van der Waals surface area (Å²) < 4.78 is 2.08. The van der Waals surface area contributed by atoms with Gasteiger partial charge in [-0.15, -0.1) is 34.2 Å². The van der Waals surface area contributed by atoms with Gasteiger partial charge in [0.05, 0.1) is 6.54 Å². The Balaban J connectivity index is 0.00000300. The van der Waals surface area contributed by atoms with Crippen LogP contribution < -0.4 is 10.6 Å². The van der Waals surface area contributed by atoms with Crippen molar-refractivity contribution >= 4 is 29.9 Å². The maximum Gasteiger partial charge on any atom is 0.191 e. The van der Waals surface area contributed by atoms with Crippen molar-refractivity contribution in [2.45, 2.75) is 52.2 Å². The molecular formula is C21H34IN7. The van der Waals surface area contributed by atoms with E-state index in [4.69, 9.17) is 4.99 Å². The molecule has 1 aromatic carbocycles. The van der Waals surface area contributed by atoms with E-state index in [0.29, 0.717) is 12.6 Å². The quantitative estimate of drug-likeness (QED) is 0.324. The lowest BCUT2D eigenvalue weighted by Gasteiger charge is -2.34. The van der Waals surface area contributed by atoms with Crippen molar-refractivity contribution in [1.82, 2.24) is 30.3 Å². The van der Waals surface area contributed by atoms with Crippen LogP contribution in [0.25, 0.3) is 0 Å². The second kappa shape index (κ2) is 12.8. The van der Waals surface area contributed by atoms with Crippen LogP contribution in [0.2, 0.25) is 0 Å². The van der Waals surface area contributed by atoms with Gasteiger partial charge < -0.3 is 15.2 Å². The molecule has 29 heavy (non-hydrogen) atoms. The molecule has 0 saturated carbocycles. The number of guanidine groups is 1. The summed E-state index contributed by atoms with van der Waals surface area (Å²) in [6.45, 7) is 9.80. The molecule has 0 radical (unpaired) electrons. The van der Waals surface area contributed by atoms with E-state index in [-0.39, 0.29) is 24.0 Å². The summed E-state index contributed by atoms with van der Waals surface area (Å²) in [5.74, 6) is 1.91. The number of hydrogen-bond acceptors (Lipinski definition) is 4. The van der Waals surface area contributed by atoms with Gasteiger partial charge in [0.15, 0.2) is 5.96 Å². The summed E-state index contributed by atoms with van der Waals surface area (Å²) >= 11 is 0. The standard InChI is InChI=1S/C21H33N7.HI/c1-3-20-26-24-17-28(20)14-12-23-21(22-4-2)25-19-11-8-13-27(16-19)15-18-9-6-5-7-10-18;/h5-7,9-10,17,19H,3-4,8,11-16H2,1-2H3,(H2,22,23,25);1H. The number of halogens is 1. The second-order valence-electron chi connectivity index (χ2n) is 7.26. The molecule has 2 heterocycles. The van der Waals surface area contributed by atoms with E-state index >= 15 is 0 Å². The van der Waals surface area contributed by atoms with Gasteiger partial charge in [0.25, 0.3) is 0 Å². The highest BCUT2D eigenvalue weighted by Crippen LogP contribution is 2.13. The zero-order chi connectivity index (χ0) is 19.6. The zero-order valence-electron chi connectivity index (χ0n) is 17.5. The molecule has 1 atom stereocenters. The fraction of sp³-hybridized carbons (Fsp3) is 0.571. The molecule has 7 nitrogen and oxygen atoms in total. The highest BCUT2D eigenvalue weighted by Gasteiger charge is 2.20. The summed E-state index contributed by atoms with van der Waals surface area (Å²) in [5, 5.41) is 15.1. The molecule has 1 fully saturated rings. The molecule has 8 heteroatoms. The van der Waals surface area contributed by atoms with Crippen LogP contribution in [0.4, 0.5) is 0 Å². The van der Waals surface area contributed by atoms with Gasteiger partial charge in [-0.2, -0.15) is 0 Å². The average molecular weight is 511 g/mol. The van der Waals surface area contributed by atoms with Crippen LogP contribution >= 0.6 is 24.0 Å². The topological polar surface area (TPSA) is 70.4 Å². The maximum atomic E-state index is 4.77. The number of likely N-dealkylation sites (tertiary alicyclic amines) is 1. The van der Waals surface area contributed by atoms with Crippen molar-refractivity contribution in [1.29, 1.82) is 0 Å². The minimum Gasteiger partial charge on any atom is -0.357 e. The number of nitrogens with zero attached hydrogens (tertiary/aromatic N) is 5. The number of rotatable bonds is 8. The van der Waals surface area contributed by atoms with Crippen molar-refractivity contribution < 1.29 is 0 Å². The van der Waals surface area contributed by atoms with Crippen LogP contribution in [0.5, 0.6) is 0 Å². The van der Waals surface area contributed by atoms with Gasteiger partial charge in [0.2, 0.25) is 0 Å². The molecule has 0 amide bonds. The SMILES string of the molecule is CCNC(=NCCn1cnnc1CC)NC1CCCN(Cc2ccccc2)C1.I. The Morgan fingerprint density at radius 2 is 2.07 bits per heavy atom. The van der Waals surface area contributed by atoms with E-state index < -0.39 is 0 Å². The largest absolute Gasteiger partial charge is 0.357 e. The lowest BCUT2D eigenvalue weighted by Crippen LogP contribution is -2.51. The zero-order valence-corrected chi connectivity index (χ0v) is 19.9. The van der Waals surface area contributed by atoms with Crippen molar-refractivity contribution in [3.63, 3.8) is 0 Å². The van der Waals surface area contributed by atoms with E-state index in [1.54, 1.807) is 6.33 Å². The molecule has 2 N–H and O–H groups in total. The molecule has 2 aromatic rings. The van der Waals surface area contributed by atoms with Gasteiger partial charge in [-0.3, -0.25) is 9.89 Å². The molecule has 0 aliphatic carbocycles.